The molecule has 1 aromatic heterocycles. The zero-order valence-corrected chi connectivity index (χ0v) is 10.2. The molecule has 88 valence electrons. The van der Waals surface area contributed by atoms with E-state index in [1.807, 2.05) is 0 Å². The molecule has 17 heavy (non-hydrogen) atoms. The highest BCUT2D eigenvalue weighted by atomic mass is 79.9. The van der Waals surface area contributed by atoms with Gasteiger partial charge in [0.15, 0.2) is 0 Å². The minimum Gasteiger partial charge on any atom is -0.364 e. The summed E-state index contributed by atoms with van der Waals surface area (Å²) in [6.07, 6.45) is 1.42. The van der Waals surface area contributed by atoms with Crippen molar-refractivity contribution in [3.05, 3.63) is 52.1 Å². The van der Waals surface area contributed by atoms with Crippen molar-refractivity contribution in [3.63, 3.8) is 0 Å². The monoisotopic (exact) mass is 298 g/mol. The Morgan fingerprint density at radius 2 is 2.29 bits per heavy atom. The molecule has 0 radical (unpaired) electrons. The van der Waals surface area contributed by atoms with E-state index >= 15 is 0 Å². The average molecular weight is 299 g/mol. The molecule has 0 aliphatic rings. The molecule has 0 aliphatic heterocycles. The predicted octanol–water partition coefficient (Wildman–Crippen LogP) is 2.51. The van der Waals surface area contributed by atoms with Gasteiger partial charge in [-0.2, -0.15) is 0 Å². The van der Waals surface area contributed by atoms with Crippen molar-refractivity contribution in [2.45, 2.75) is 6.54 Å². The summed E-state index contributed by atoms with van der Waals surface area (Å²) in [7, 11) is 0. The lowest BCUT2D eigenvalue weighted by Gasteiger charge is -2.03. The van der Waals surface area contributed by atoms with Crippen LogP contribution >= 0.6 is 15.9 Å². The van der Waals surface area contributed by atoms with E-state index in [0.717, 1.165) is 0 Å². The first-order chi connectivity index (χ1) is 8.16. The molecule has 2 aromatic rings. The van der Waals surface area contributed by atoms with Gasteiger partial charge in [-0.15, -0.1) is 0 Å². The molecule has 4 nitrogen and oxygen atoms in total. The Morgan fingerprint density at radius 1 is 1.47 bits per heavy atom. The maximum absolute atomic E-state index is 13.2. The van der Waals surface area contributed by atoms with E-state index in [1.165, 1.54) is 24.5 Å². The van der Waals surface area contributed by atoms with Crippen molar-refractivity contribution < 1.29 is 13.7 Å². The fraction of sp³-hybridized carbons (Fsp3) is 0.0909. The molecule has 0 spiro atoms. The van der Waals surface area contributed by atoms with Gasteiger partial charge in [-0.1, -0.05) is 5.16 Å². The van der Waals surface area contributed by atoms with Gasteiger partial charge >= 0.3 is 0 Å². The highest BCUT2D eigenvalue weighted by molar-refractivity contribution is 9.10. The van der Waals surface area contributed by atoms with E-state index in [9.17, 15) is 9.18 Å². The molecule has 1 heterocycles. The van der Waals surface area contributed by atoms with Crippen LogP contribution in [0.2, 0.25) is 0 Å². The van der Waals surface area contributed by atoms with Crippen LogP contribution in [0.15, 0.2) is 39.5 Å². The highest BCUT2D eigenvalue weighted by Crippen LogP contribution is 2.16. The van der Waals surface area contributed by atoms with E-state index in [4.69, 9.17) is 0 Å². The van der Waals surface area contributed by atoms with Crippen molar-refractivity contribution in [3.8, 4) is 0 Å². The Hall–Kier alpha value is -1.69. The maximum Gasteiger partial charge on any atom is 0.251 e. The number of carbonyl (C=O) groups excluding carboxylic acids is 1. The lowest BCUT2D eigenvalue weighted by molar-refractivity contribution is 0.0949. The lowest BCUT2D eigenvalue weighted by atomic mass is 10.2. The van der Waals surface area contributed by atoms with Gasteiger partial charge in [0.05, 0.1) is 11.0 Å². The number of nitrogens with one attached hydrogen (secondary N) is 1. The van der Waals surface area contributed by atoms with E-state index in [0.29, 0.717) is 10.2 Å². The summed E-state index contributed by atoms with van der Waals surface area (Å²) in [5, 5.41) is 6.25. The van der Waals surface area contributed by atoms with Gasteiger partial charge in [0.25, 0.3) is 5.91 Å². The number of rotatable bonds is 3. The number of halogens is 2. The number of nitrogens with zero attached hydrogens (tertiary/aromatic N) is 1. The van der Waals surface area contributed by atoms with Crippen LogP contribution in [-0.2, 0) is 6.54 Å². The first-order valence-electron chi connectivity index (χ1n) is 4.79. The number of amides is 1. The third kappa shape index (κ3) is 2.91. The van der Waals surface area contributed by atoms with Crippen molar-refractivity contribution in [2.75, 3.05) is 0 Å². The molecule has 0 saturated heterocycles. The zero-order chi connectivity index (χ0) is 12.3. The van der Waals surface area contributed by atoms with Crippen LogP contribution in [0.1, 0.15) is 16.1 Å². The molecule has 0 atom stereocenters. The van der Waals surface area contributed by atoms with Crippen LogP contribution in [-0.4, -0.2) is 11.1 Å². The second kappa shape index (κ2) is 5.09. The SMILES string of the molecule is O=C(NCc1ccon1)c1ccc(Br)c(F)c1. The van der Waals surface area contributed by atoms with Crippen molar-refractivity contribution >= 4 is 21.8 Å². The van der Waals surface area contributed by atoms with Crippen LogP contribution < -0.4 is 5.32 Å². The quantitative estimate of drug-likeness (QED) is 0.947. The van der Waals surface area contributed by atoms with Gasteiger partial charge in [-0.3, -0.25) is 4.79 Å². The summed E-state index contributed by atoms with van der Waals surface area (Å²) < 4.78 is 18.1. The summed E-state index contributed by atoms with van der Waals surface area (Å²) in [6, 6.07) is 5.83. The zero-order valence-electron chi connectivity index (χ0n) is 8.61. The summed E-state index contributed by atoms with van der Waals surface area (Å²) in [6.45, 7) is 0.243. The molecule has 0 saturated carbocycles. The van der Waals surface area contributed by atoms with Crippen LogP contribution in [0.25, 0.3) is 0 Å². The Labute approximate surface area is 105 Å². The van der Waals surface area contributed by atoms with Gasteiger partial charge in [0.2, 0.25) is 0 Å². The summed E-state index contributed by atoms with van der Waals surface area (Å²) >= 11 is 3.02. The molecule has 2 rings (SSSR count). The van der Waals surface area contributed by atoms with Gasteiger partial charge in [-0.25, -0.2) is 4.39 Å². The molecular formula is C11H8BrFN2O2. The largest absolute Gasteiger partial charge is 0.364 e. The Balaban J connectivity index is 2.02. The van der Waals surface area contributed by atoms with Crippen LogP contribution in [0.3, 0.4) is 0 Å². The third-order valence-corrected chi connectivity index (χ3v) is 2.75. The van der Waals surface area contributed by atoms with Crippen LogP contribution in [0.5, 0.6) is 0 Å². The number of aromatic nitrogens is 1. The molecule has 0 unspecified atom stereocenters. The molecule has 0 fully saturated rings. The van der Waals surface area contributed by atoms with Gasteiger partial charge in [0.1, 0.15) is 17.8 Å². The molecule has 1 amide bonds. The van der Waals surface area contributed by atoms with E-state index in [-0.39, 0.29) is 18.0 Å². The second-order valence-electron chi connectivity index (χ2n) is 3.30. The number of hydrogen-bond acceptors (Lipinski definition) is 3. The smallest absolute Gasteiger partial charge is 0.251 e. The minimum atomic E-state index is -0.473. The molecule has 1 N–H and O–H groups in total. The average Bonchev–Trinajstić information content (AvgIpc) is 2.82. The minimum absolute atomic E-state index is 0.243. The highest BCUT2D eigenvalue weighted by Gasteiger charge is 2.08. The first kappa shape index (κ1) is 11.8. The Morgan fingerprint density at radius 3 is 2.94 bits per heavy atom. The summed E-state index contributed by atoms with van der Waals surface area (Å²) in [5.41, 5.74) is 0.866. The topological polar surface area (TPSA) is 55.1 Å². The maximum atomic E-state index is 13.2. The molecule has 0 aliphatic carbocycles. The van der Waals surface area contributed by atoms with Crippen LogP contribution in [0.4, 0.5) is 4.39 Å². The van der Waals surface area contributed by atoms with Crippen molar-refractivity contribution in [2.24, 2.45) is 0 Å². The lowest BCUT2D eigenvalue weighted by Crippen LogP contribution is -2.23. The normalized spacial score (nSPS) is 10.2. The van der Waals surface area contributed by atoms with Crippen molar-refractivity contribution in [1.29, 1.82) is 0 Å². The fourth-order valence-corrected chi connectivity index (χ4v) is 1.49. The number of benzene rings is 1. The Bertz CT molecular complexity index is 528. The van der Waals surface area contributed by atoms with Crippen LogP contribution in [0, 0.1) is 5.82 Å². The van der Waals surface area contributed by atoms with Gasteiger partial charge in [0, 0.05) is 11.6 Å². The van der Waals surface area contributed by atoms with Gasteiger partial charge in [-0.05, 0) is 34.1 Å². The predicted molar refractivity (Wildman–Crippen MR) is 61.8 cm³/mol. The second-order valence-corrected chi connectivity index (χ2v) is 4.16. The molecule has 1 aromatic carbocycles. The molecular weight excluding hydrogens is 291 g/mol. The Kier molecular flexibility index (Phi) is 3.53. The summed E-state index contributed by atoms with van der Waals surface area (Å²) in [5.74, 6) is -0.835. The fourth-order valence-electron chi connectivity index (χ4n) is 1.24. The van der Waals surface area contributed by atoms with E-state index in [2.05, 4.69) is 30.9 Å². The summed E-state index contributed by atoms with van der Waals surface area (Å²) in [4.78, 5) is 11.7. The third-order valence-electron chi connectivity index (χ3n) is 2.10. The van der Waals surface area contributed by atoms with Crippen molar-refractivity contribution in [1.82, 2.24) is 10.5 Å². The first-order valence-corrected chi connectivity index (χ1v) is 5.58. The standard InChI is InChI=1S/C11H8BrFN2O2/c12-9-2-1-7(5-10(9)13)11(16)14-6-8-3-4-17-15-8/h1-5H,6H2,(H,14,16). The molecule has 6 heteroatoms. The van der Waals surface area contributed by atoms with E-state index in [1.54, 1.807) is 6.07 Å². The van der Waals surface area contributed by atoms with E-state index < -0.39 is 5.82 Å². The number of hydrogen-bond donors (Lipinski definition) is 1. The van der Waals surface area contributed by atoms with Gasteiger partial charge < -0.3 is 9.84 Å². The number of carbonyl (C=O) groups is 1. The molecule has 0 bridgehead atoms.